The van der Waals surface area contributed by atoms with Gasteiger partial charge in [0, 0.05) is 0 Å². The average molecular weight is 187 g/mol. The van der Waals surface area contributed by atoms with Gasteiger partial charge in [0.15, 0.2) is 5.82 Å². The van der Waals surface area contributed by atoms with Gasteiger partial charge in [0.1, 0.15) is 5.69 Å². The van der Waals surface area contributed by atoms with E-state index >= 15 is 0 Å². The van der Waals surface area contributed by atoms with Crippen LogP contribution in [0.4, 0.5) is 5.82 Å². The molecule has 1 heterocycles. The van der Waals surface area contributed by atoms with Gasteiger partial charge >= 0.3 is 0 Å². The molecule has 0 fully saturated rings. The van der Waals surface area contributed by atoms with Crippen LogP contribution in [0, 0.1) is 0 Å². The number of aromatic amines is 1. The van der Waals surface area contributed by atoms with Crippen LogP contribution in [0.2, 0.25) is 0 Å². The van der Waals surface area contributed by atoms with Gasteiger partial charge in [-0.1, -0.05) is 25.6 Å². The summed E-state index contributed by atoms with van der Waals surface area (Å²) in [5.74, 6) is 0.263. The number of rotatable bonds is 1. The molecular formula is C7H13N3OS. The van der Waals surface area contributed by atoms with Crippen molar-refractivity contribution in [3.8, 4) is 0 Å². The van der Waals surface area contributed by atoms with Crippen molar-refractivity contribution in [1.29, 1.82) is 0 Å². The molecular weight excluding hydrogens is 174 g/mol. The first-order valence-corrected chi connectivity index (χ1v) is 4.85. The normalized spacial score (nSPS) is 8.58. The van der Waals surface area contributed by atoms with Gasteiger partial charge < -0.3 is 10.7 Å². The number of nitrogens with one attached hydrogen (secondary N) is 1. The summed E-state index contributed by atoms with van der Waals surface area (Å²) in [5, 5.41) is -0.0880. The number of hydrogen-bond acceptors (Lipinski definition) is 4. The summed E-state index contributed by atoms with van der Waals surface area (Å²) in [7, 11) is 0. The topological polar surface area (TPSA) is 71.8 Å². The maximum Gasteiger partial charge on any atom is 0.239 e. The second kappa shape index (κ2) is 5.65. The van der Waals surface area contributed by atoms with E-state index in [2.05, 4.69) is 9.97 Å². The quantitative estimate of drug-likeness (QED) is 0.699. The molecule has 0 aliphatic heterocycles. The Morgan fingerprint density at radius 3 is 2.58 bits per heavy atom. The van der Waals surface area contributed by atoms with Crippen LogP contribution in [0.25, 0.3) is 0 Å². The van der Waals surface area contributed by atoms with E-state index < -0.39 is 0 Å². The van der Waals surface area contributed by atoms with Crippen LogP contribution in [0.1, 0.15) is 24.3 Å². The van der Waals surface area contributed by atoms with Crippen LogP contribution >= 0.6 is 11.8 Å². The first-order valence-electron chi connectivity index (χ1n) is 3.63. The van der Waals surface area contributed by atoms with E-state index in [1.807, 2.05) is 13.8 Å². The van der Waals surface area contributed by atoms with Crippen LogP contribution in [0.3, 0.4) is 0 Å². The van der Waals surface area contributed by atoms with Crippen molar-refractivity contribution in [3.05, 3.63) is 12.0 Å². The number of carbonyl (C=O) groups excluding carboxylic acids is 1. The number of carbonyl (C=O) groups is 1. The van der Waals surface area contributed by atoms with Crippen LogP contribution in [0.15, 0.2) is 6.33 Å². The zero-order valence-electron chi connectivity index (χ0n) is 7.42. The Morgan fingerprint density at radius 2 is 2.25 bits per heavy atom. The molecule has 4 nitrogen and oxygen atoms in total. The summed E-state index contributed by atoms with van der Waals surface area (Å²) >= 11 is 1.11. The standard InChI is InChI=1S/C5H7N3OS.C2H6/c1-10-5(9)3-4(6)8-2-7-3;1-2/h2H,6H2,1H3,(H,7,8);1-2H3. The molecule has 0 amide bonds. The van der Waals surface area contributed by atoms with Gasteiger partial charge in [-0.2, -0.15) is 0 Å². The van der Waals surface area contributed by atoms with Crippen LogP contribution in [0.5, 0.6) is 0 Å². The van der Waals surface area contributed by atoms with E-state index in [-0.39, 0.29) is 10.9 Å². The molecule has 1 aromatic rings. The lowest BCUT2D eigenvalue weighted by Gasteiger charge is -1.90. The van der Waals surface area contributed by atoms with Crippen LogP contribution in [-0.2, 0) is 0 Å². The molecule has 0 spiro atoms. The molecule has 12 heavy (non-hydrogen) atoms. The van der Waals surface area contributed by atoms with E-state index in [1.54, 1.807) is 6.26 Å². The van der Waals surface area contributed by atoms with Crippen LogP contribution in [-0.4, -0.2) is 21.3 Å². The molecule has 0 aliphatic rings. The van der Waals surface area contributed by atoms with Crippen molar-refractivity contribution in [2.75, 3.05) is 12.0 Å². The number of nitrogen functional groups attached to an aromatic ring is 1. The molecule has 0 radical (unpaired) electrons. The van der Waals surface area contributed by atoms with E-state index in [0.29, 0.717) is 5.69 Å². The molecule has 0 saturated heterocycles. The molecule has 1 rings (SSSR count). The molecule has 5 heteroatoms. The number of nitrogens with two attached hydrogens (primary N) is 1. The second-order valence-corrected chi connectivity index (χ2v) is 2.43. The summed E-state index contributed by atoms with van der Waals surface area (Å²) in [6.45, 7) is 4.00. The zero-order valence-corrected chi connectivity index (χ0v) is 8.23. The number of H-pyrrole nitrogens is 1. The van der Waals surface area contributed by atoms with Crippen molar-refractivity contribution in [2.45, 2.75) is 13.8 Å². The summed E-state index contributed by atoms with van der Waals surface area (Å²) in [6.07, 6.45) is 3.10. The number of hydrogen-bond donors (Lipinski definition) is 2. The third-order valence-corrected chi connectivity index (χ3v) is 1.63. The minimum absolute atomic E-state index is 0.0880. The average Bonchev–Trinajstić information content (AvgIpc) is 2.54. The maximum absolute atomic E-state index is 10.9. The molecule has 0 atom stereocenters. The Morgan fingerprint density at radius 1 is 1.67 bits per heavy atom. The number of anilines is 1. The third-order valence-electron chi connectivity index (χ3n) is 1.06. The van der Waals surface area contributed by atoms with Gasteiger partial charge in [0.2, 0.25) is 5.12 Å². The van der Waals surface area contributed by atoms with E-state index in [1.165, 1.54) is 6.33 Å². The highest BCUT2D eigenvalue weighted by Crippen LogP contribution is 2.11. The fraction of sp³-hybridized carbons (Fsp3) is 0.429. The fourth-order valence-corrected chi connectivity index (χ4v) is 0.938. The van der Waals surface area contributed by atoms with Crippen molar-refractivity contribution < 1.29 is 4.79 Å². The first kappa shape index (κ1) is 11.0. The first-order chi connectivity index (χ1) is 5.75. The second-order valence-electron chi connectivity index (χ2n) is 1.65. The highest BCUT2D eigenvalue weighted by Gasteiger charge is 2.09. The lowest BCUT2D eigenvalue weighted by atomic mass is 10.5. The Balaban J connectivity index is 0.000000561. The number of imidazole rings is 1. The lowest BCUT2D eigenvalue weighted by Crippen LogP contribution is -1.98. The Kier molecular flexibility index (Phi) is 5.19. The molecule has 68 valence electrons. The highest BCUT2D eigenvalue weighted by molar-refractivity contribution is 8.13. The summed E-state index contributed by atoms with van der Waals surface area (Å²) in [5.41, 5.74) is 5.72. The van der Waals surface area contributed by atoms with Crippen molar-refractivity contribution >= 4 is 22.7 Å². The number of thioether (sulfide) groups is 1. The maximum atomic E-state index is 10.9. The van der Waals surface area contributed by atoms with Gasteiger partial charge in [-0.15, -0.1) is 0 Å². The smallest absolute Gasteiger partial charge is 0.239 e. The largest absolute Gasteiger partial charge is 0.382 e. The van der Waals surface area contributed by atoms with E-state index in [9.17, 15) is 4.79 Å². The molecule has 0 unspecified atom stereocenters. The van der Waals surface area contributed by atoms with Crippen LogP contribution < -0.4 is 5.73 Å². The molecule has 1 aromatic heterocycles. The van der Waals surface area contributed by atoms with E-state index in [0.717, 1.165) is 11.8 Å². The minimum atomic E-state index is -0.0880. The molecule has 0 bridgehead atoms. The molecule has 0 saturated carbocycles. The fourth-order valence-electron chi connectivity index (χ4n) is 0.570. The Bertz CT molecular complexity index is 247. The predicted molar refractivity (Wildman–Crippen MR) is 52.2 cm³/mol. The Hall–Kier alpha value is -0.970. The molecule has 0 aromatic carbocycles. The third kappa shape index (κ3) is 2.58. The zero-order chi connectivity index (χ0) is 9.56. The number of aromatic nitrogens is 2. The summed E-state index contributed by atoms with van der Waals surface area (Å²) in [4.78, 5) is 17.2. The summed E-state index contributed by atoms with van der Waals surface area (Å²) in [6, 6.07) is 0. The Labute approximate surface area is 76.0 Å². The molecule has 0 aliphatic carbocycles. The minimum Gasteiger partial charge on any atom is -0.382 e. The SMILES string of the molecule is CC.CSC(=O)c1[nH]cnc1N. The van der Waals surface area contributed by atoms with Crippen molar-refractivity contribution in [1.82, 2.24) is 9.97 Å². The van der Waals surface area contributed by atoms with E-state index in [4.69, 9.17) is 5.73 Å². The lowest BCUT2D eigenvalue weighted by molar-refractivity contribution is 0.108. The van der Waals surface area contributed by atoms with Gasteiger partial charge in [0.05, 0.1) is 6.33 Å². The predicted octanol–water partition coefficient (Wildman–Crippen LogP) is 1.52. The van der Waals surface area contributed by atoms with Gasteiger partial charge in [0.25, 0.3) is 0 Å². The highest BCUT2D eigenvalue weighted by atomic mass is 32.2. The monoisotopic (exact) mass is 187 g/mol. The van der Waals surface area contributed by atoms with Crippen molar-refractivity contribution in [2.24, 2.45) is 0 Å². The van der Waals surface area contributed by atoms with Gasteiger partial charge in [-0.05, 0) is 6.26 Å². The van der Waals surface area contributed by atoms with Gasteiger partial charge in [-0.3, -0.25) is 4.79 Å². The van der Waals surface area contributed by atoms with Crippen molar-refractivity contribution in [3.63, 3.8) is 0 Å². The number of nitrogens with zero attached hydrogens (tertiary/aromatic N) is 1. The molecule has 3 N–H and O–H groups in total. The van der Waals surface area contributed by atoms with Gasteiger partial charge in [-0.25, -0.2) is 4.98 Å². The summed E-state index contributed by atoms with van der Waals surface area (Å²) < 4.78 is 0.